The number of amides is 1. The molecule has 1 amide bonds. The van der Waals surface area contributed by atoms with Crippen LogP contribution in [0.2, 0.25) is 0 Å². The van der Waals surface area contributed by atoms with Crippen molar-refractivity contribution in [1.29, 1.82) is 0 Å². The molecule has 0 radical (unpaired) electrons. The van der Waals surface area contributed by atoms with E-state index in [4.69, 9.17) is 9.47 Å². The number of hydrogen-bond acceptors (Lipinski definition) is 8. The first kappa shape index (κ1) is 53.2. The molecule has 7 unspecified atom stereocenters. The second-order valence-electron chi connectivity index (χ2n) is 16.2. The quantitative estimate of drug-likeness (QED) is 0.0267. The molecule has 1 rings (SSSR count). The molecule has 0 spiro atoms. The van der Waals surface area contributed by atoms with Crippen LogP contribution in [0.5, 0.6) is 0 Å². The molecule has 57 heavy (non-hydrogen) atoms. The fourth-order valence-electron chi connectivity index (χ4n) is 7.08. The predicted molar refractivity (Wildman–Crippen MR) is 235 cm³/mol. The highest BCUT2D eigenvalue weighted by molar-refractivity contribution is 5.76. The second kappa shape index (κ2) is 38.4. The van der Waals surface area contributed by atoms with Crippen molar-refractivity contribution in [2.45, 2.75) is 236 Å². The third kappa shape index (κ3) is 29.1. The van der Waals surface area contributed by atoms with E-state index in [1.54, 1.807) is 6.08 Å². The van der Waals surface area contributed by atoms with Gasteiger partial charge in [-0.1, -0.05) is 172 Å². The summed E-state index contributed by atoms with van der Waals surface area (Å²) in [4.78, 5) is 12.9. The van der Waals surface area contributed by atoms with Gasteiger partial charge < -0.3 is 40.3 Å². The van der Waals surface area contributed by atoms with E-state index in [1.807, 2.05) is 6.08 Å². The maximum absolute atomic E-state index is 12.9. The molecule has 9 nitrogen and oxygen atoms in total. The lowest BCUT2D eigenvalue weighted by molar-refractivity contribution is -0.302. The molecule has 0 bridgehead atoms. The molecule has 1 aliphatic heterocycles. The van der Waals surface area contributed by atoms with E-state index < -0.39 is 49.5 Å². The number of carbonyl (C=O) groups excluding carboxylic acids is 1. The summed E-state index contributed by atoms with van der Waals surface area (Å²) in [7, 11) is 0. The topological polar surface area (TPSA) is 149 Å². The van der Waals surface area contributed by atoms with Gasteiger partial charge in [0.1, 0.15) is 24.4 Å². The standard InChI is InChI=1S/C48H87NO8/c1-3-5-7-9-11-13-15-16-17-18-19-20-21-22-23-24-25-26-28-30-32-34-36-38-44(52)49-41(40-56-48-47(55)46(54)45(53)43(39-50)57-48)42(51)37-35-33-31-29-27-14-12-10-8-6-4-2/h15-16,18-19,27,29,35,37,41-43,45-48,50-51,53-55H,3-14,17,20-26,28,30-34,36,38-40H2,1-2H3,(H,49,52)/b16-15-,19-18-,29-27+,37-35+. The second-order valence-corrected chi connectivity index (χ2v) is 16.2. The van der Waals surface area contributed by atoms with Crippen molar-refractivity contribution < 1.29 is 39.8 Å². The van der Waals surface area contributed by atoms with Crippen LogP contribution in [0, 0.1) is 0 Å². The molecule has 1 fully saturated rings. The van der Waals surface area contributed by atoms with Gasteiger partial charge in [0.15, 0.2) is 6.29 Å². The van der Waals surface area contributed by atoms with E-state index in [-0.39, 0.29) is 12.5 Å². The number of aliphatic hydroxyl groups excluding tert-OH is 5. The first-order valence-corrected chi connectivity index (χ1v) is 23.4. The Balaban J connectivity index is 2.29. The summed E-state index contributed by atoms with van der Waals surface area (Å²) in [5.74, 6) is -0.192. The zero-order chi connectivity index (χ0) is 41.6. The molecular formula is C48H87NO8. The summed E-state index contributed by atoms with van der Waals surface area (Å²) in [5, 5.41) is 54.1. The Hall–Kier alpha value is -1.85. The highest BCUT2D eigenvalue weighted by atomic mass is 16.7. The minimum absolute atomic E-state index is 0.192. The van der Waals surface area contributed by atoms with E-state index in [2.05, 4.69) is 55.6 Å². The Bertz CT molecular complexity index is 1030. The van der Waals surface area contributed by atoms with E-state index in [0.29, 0.717) is 6.42 Å². The van der Waals surface area contributed by atoms with Crippen molar-refractivity contribution in [3.63, 3.8) is 0 Å². The number of ether oxygens (including phenoxy) is 2. The van der Waals surface area contributed by atoms with Gasteiger partial charge in [-0.25, -0.2) is 0 Å². The molecule has 1 heterocycles. The molecule has 1 aliphatic rings. The lowest BCUT2D eigenvalue weighted by atomic mass is 9.99. The maximum atomic E-state index is 12.9. The van der Waals surface area contributed by atoms with Gasteiger partial charge in [-0.15, -0.1) is 0 Å². The molecule has 7 atom stereocenters. The van der Waals surface area contributed by atoms with Gasteiger partial charge >= 0.3 is 0 Å². The van der Waals surface area contributed by atoms with Gasteiger partial charge in [0.05, 0.1) is 25.4 Å². The third-order valence-corrected chi connectivity index (χ3v) is 10.9. The summed E-state index contributed by atoms with van der Waals surface area (Å²) in [6, 6.07) is -0.821. The summed E-state index contributed by atoms with van der Waals surface area (Å²) < 4.78 is 11.2. The monoisotopic (exact) mass is 806 g/mol. The van der Waals surface area contributed by atoms with E-state index in [1.165, 1.54) is 128 Å². The largest absolute Gasteiger partial charge is 0.394 e. The van der Waals surface area contributed by atoms with Crippen LogP contribution in [-0.4, -0.2) is 87.5 Å². The number of nitrogens with one attached hydrogen (secondary N) is 1. The van der Waals surface area contributed by atoms with Crippen molar-refractivity contribution in [3.8, 4) is 0 Å². The average molecular weight is 806 g/mol. The third-order valence-electron chi connectivity index (χ3n) is 10.9. The van der Waals surface area contributed by atoms with Crippen molar-refractivity contribution in [2.75, 3.05) is 13.2 Å². The highest BCUT2D eigenvalue weighted by Gasteiger charge is 2.44. The zero-order valence-electron chi connectivity index (χ0n) is 36.3. The Kier molecular flexibility index (Phi) is 35.8. The number of carbonyl (C=O) groups is 1. The normalized spacial score (nSPS) is 21.4. The molecule has 9 heteroatoms. The van der Waals surface area contributed by atoms with Crippen LogP contribution < -0.4 is 5.32 Å². The van der Waals surface area contributed by atoms with Crippen molar-refractivity contribution >= 4 is 5.91 Å². The first-order valence-electron chi connectivity index (χ1n) is 23.4. The van der Waals surface area contributed by atoms with Crippen LogP contribution in [0.25, 0.3) is 0 Å². The fraction of sp³-hybridized carbons (Fsp3) is 0.812. The van der Waals surface area contributed by atoms with Crippen molar-refractivity contribution in [3.05, 3.63) is 48.6 Å². The van der Waals surface area contributed by atoms with Crippen LogP contribution in [0.1, 0.15) is 194 Å². The van der Waals surface area contributed by atoms with E-state index in [9.17, 15) is 30.3 Å². The molecule has 6 N–H and O–H groups in total. The van der Waals surface area contributed by atoms with Gasteiger partial charge in [-0.05, 0) is 64.2 Å². The fourth-order valence-corrected chi connectivity index (χ4v) is 7.08. The Morgan fingerprint density at radius 3 is 1.58 bits per heavy atom. The van der Waals surface area contributed by atoms with Gasteiger partial charge in [0.25, 0.3) is 0 Å². The van der Waals surface area contributed by atoms with Crippen LogP contribution in [0.3, 0.4) is 0 Å². The Labute approximate surface area is 348 Å². The van der Waals surface area contributed by atoms with Gasteiger partial charge in [0, 0.05) is 6.42 Å². The molecule has 0 aromatic heterocycles. The molecular weight excluding hydrogens is 719 g/mol. The lowest BCUT2D eigenvalue weighted by Crippen LogP contribution is -2.60. The van der Waals surface area contributed by atoms with Crippen LogP contribution in [0.4, 0.5) is 0 Å². The Morgan fingerprint density at radius 2 is 1.05 bits per heavy atom. The van der Waals surface area contributed by atoms with Crippen LogP contribution in [-0.2, 0) is 14.3 Å². The molecule has 0 aromatic rings. The van der Waals surface area contributed by atoms with Crippen LogP contribution >= 0.6 is 0 Å². The highest BCUT2D eigenvalue weighted by Crippen LogP contribution is 2.22. The number of hydrogen-bond donors (Lipinski definition) is 6. The lowest BCUT2D eigenvalue weighted by Gasteiger charge is -2.40. The molecule has 0 saturated carbocycles. The van der Waals surface area contributed by atoms with Crippen molar-refractivity contribution in [1.82, 2.24) is 5.32 Å². The Morgan fingerprint density at radius 1 is 0.596 bits per heavy atom. The number of rotatable bonds is 38. The smallest absolute Gasteiger partial charge is 0.220 e. The number of allylic oxidation sites excluding steroid dienone is 7. The molecule has 332 valence electrons. The average Bonchev–Trinajstić information content (AvgIpc) is 3.21. The molecule has 1 saturated heterocycles. The first-order chi connectivity index (χ1) is 27.8. The van der Waals surface area contributed by atoms with E-state index in [0.717, 1.165) is 44.9 Å². The van der Waals surface area contributed by atoms with Gasteiger partial charge in [-0.2, -0.15) is 0 Å². The SMILES string of the molecule is CCCCCCC/C=C\C/C=C\CCCCCCCCCCCCCC(=O)NC(COC1OC(CO)C(O)C(O)C1O)C(O)/C=C/CC/C=C/CCCCCCC. The molecule has 0 aromatic carbocycles. The summed E-state index contributed by atoms with van der Waals surface area (Å²) in [6.07, 6.45) is 41.6. The summed E-state index contributed by atoms with van der Waals surface area (Å²) in [6.45, 7) is 3.71. The maximum Gasteiger partial charge on any atom is 0.220 e. The summed E-state index contributed by atoms with van der Waals surface area (Å²) in [5.41, 5.74) is 0. The van der Waals surface area contributed by atoms with Crippen LogP contribution in [0.15, 0.2) is 48.6 Å². The van der Waals surface area contributed by atoms with Crippen molar-refractivity contribution in [2.24, 2.45) is 0 Å². The predicted octanol–water partition coefficient (Wildman–Crippen LogP) is 9.84. The van der Waals surface area contributed by atoms with Gasteiger partial charge in [-0.3, -0.25) is 4.79 Å². The number of aliphatic hydroxyl groups is 5. The number of unbranched alkanes of at least 4 members (excludes halogenated alkanes) is 22. The van der Waals surface area contributed by atoms with Gasteiger partial charge in [0.2, 0.25) is 5.91 Å². The van der Waals surface area contributed by atoms with E-state index >= 15 is 0 Å². The summed E-state index contributed by atoms with van der Waals surface area (Å²) >= 11 is 0. The zero-order valence-corrected chi connectivity index (χ0v) is 36.3. The minimum atomic E-state index is -1.57. The minimum Gasteiger partial charge on any atom is -0.394 e. The molecule has 0 aliphatic carbocycles.